The summed E-state index contributed by atoms with van der Waals surface area (Å²) in [6, 6.07) is 1.86. The normalized spacial score (nSPS) is 10.7. The molecule has 0 bridgehead atoms. The summed E-state index contributed by atoms with van der Waals surface area (Å²) >= 11 is 7.53. The first-order valence-electron chi connectivity index (χ1n) is 4.46. The van der Waals surface area contributed by atoms with Gasteiger partial charge in [0.15, 0.2) is 5.82 Å². The number of halogens is 1. The van der Waals surface area contributed by atoms with Crippen LogP contribution in [0.15, 0.2) is 11.4 Å². The van der Waals surface area contributed by atoms with Crippen LogP contribution in [0.1, 0.15) is 19.2 Å². The van der Waals surface area contributed by atoms with Crippen molar-refractivity contribution in [3.63, 3.8) is 0 Å². The number of nitrogens with one attached hydrogen (secondary N) is 1. The van der Waals surface area contributed by atoms with Gasteiger partial charge in [-0.1, -0.05) is 18.5 Å². The van der Waals surface area contributed by atoms with Crippen LogP contribution in [0.4, 0.5) is 0 Å². The second-order valence-corrected chi connectivity index (χ2v) is 4.28. The van der Waals surface area contributed by atoms with E-state index in [-0.39, 0.29) is 0 Å². The van der Waals surface area contributed by atoms with E-state index in [1.807, 2.05) is 11.4 Å². The number of rotatable bonds is 3. The van der Waals surface area contributed by atoms with Gasteiger partial charge in [-0.2, -0.15) is 5.10 Å². The second kappa shape index (κ2) is 4.11. The summed E-state index contributed by atoms with van der Waals surface area (Å²) in [5.74, 6) is 1.63. The van der Waals surface area contributed by atoms with Crippen LogP contribution in [0.5, 0.6) is 0 Å². The number of aromatic amines is 1. The topological polar surface area (TPSA) is 41.6 Å². The summed E-state index contributed by atoms with van der Waals surface area (Å²) in [5.41, 5.74) is 0. The third-order valence-corrected chi connectivity index (χ3v) is 3.18. The summed E-state index contributed by atoms with van der Waals surface area (Å²) in [4.78, 5) is 5.30. The number of H-pyrrole nitrogens is 1. The van der Waals surface area contributed by atoms with Gasteiger partial charge in [0.2, 0.25) is 0 Å². The van der Waals surface area contributed by atoms with Crippen molar-refractivity contribution in [2.75, 3.05) is 0 Å². The van der Waals surface area contributed by atoms with Gasteiger partial charge in [0.25, 0.3) is 0 Å². The molecule has 0 amide bonds. The lowest BCUT2D eigenvalue weighted by molar-refractivity contribution is 0.841. The Morgan fingerprint density at radius 3 is 3.07 bits per heavy atom. The van der Waals surface area contributed by atoms with E-state index in [1.165, 1.54) is 0 Å². The third kappa shape index (κ3) is 1.81. The highest BCUT2D eigenvalue weighted by Crippen LogP contribution is 2.30. The number of nitrogens with zero attached hydrogens (tertiary/aromatic N) is 2. The quantitative estimate of drug-likeness (QED) is 0.875. The largest absolute Gasteiger partial charge is 0.263 e. The van der Waals surface area contributed by atoms with Gasteiger partial charge in [0, 0.05) is 6.42 Å². The summed E-state index contributed by atoms with van der Waals surface area (Å²) in [7, 11) is 0. The van der Waals surface area contributed by atoms with E-state index in [4.69, 9.17) is 11.6 Å². The summed E-state index contributed by atoms with van der Waals surface area (Å²) in [6.07, 6.45) is 1.99. The summed E-state index contributed by atoms with van der Waals surface area (Å²) in [6.45, 7) is 2.11. The second-order valence-electron chi connectivity index (χ2n) is 2.95. The predicted molar refractivity (Wildman–Crippen MR) is 58.7 cm³/mol. The van der Waals surface area contributed by atoms with Crippen molar-refractivity contribution in [3.05, 3.63) is 22.3 Å². The number of hydrogen-bond donors (Lipinski definition) is 1. The van der Waals surface area contributed by atoms with Crippen LogP contribution in [0, 0.1) is 0 Å². The third-order valence-electron chi connectivity index (χ3n) is 1.84. The van der Waals surface area contributed by atoms with Crippen molar-refractivity contribution >= 4 is 22.9 Å². The molecule has 5 heteroatoms. The van der Waals surface area contributed by atoms with Gasteiger partial charge in [-0.05, 0) is 17.9 Å². The van der Waals surface area contributed by atoms with Crippen molar-refractivity contribution in [3.8, 4) is 10.7 Å². The molecule has 0 aliphatic heterocycles. The molecule has 3 nitrogen and oxygen atoms in total. The molecule has 0 aliphatic carbocycles. The Balaban J connectivity index is 2.29. The minimum absolute atomic E-state index is 0.702. The van der Waals surface area contributed by atoms with E-state index < -0.39 is 0 Å². The average Bonchev–Trinajstić information content (AvgIpc) is 2.74. The lowest BCUT2D eigenvalue weighted by atomic mass is 10.3. The maximum absolute atomic E-state index is 5.98. The van der Waals surface area contributed by atoms with Crippen molar-refractivity contribution in [1.29, 1.82) is 0 Å². The van der Waals surface area contributed by atoms with Crippen LogP contribution >= 0.6 is 22.9 Å². The Labute approximate surface area is 91.1 Å². The average molecular weight is 228 g/mol. The molecule has 14 heavy (non-hydrogen) atoms. The zero-order valence-corrected chi connectivity index (χ0v) is 9.32. The SMILES string of the molecule is CCCc1nc(-c2sccc2Cl)n[nH]1. The fraction of sp³-hybridized carbons (Fsp3) is 0.333. The van der Waals surface area contributed by atoms with E-state index in [0.29, 0.717) is 5.82 Å². The molecule has 0 aliphatic rings. The first-order chi connectivity index (χ1) is 6.81. The fourth-order valence-corrected chi connectivity index (χ4v) is 2.27. The van der Waals surface area contributed by atoms with Gasteiger partial charge >= 0.3 is 0 Å². The molecular weight excluding hydrogens is 218 g/mol. The molecule has 0 radical (unpaired) electrons. The highest BCUT2D eigenvalue weighted by atomic mass is 35.5. The number of thiophene rings is 1. The lowest BCUT2D eigenvalue weighted by Gasteiger charge is -1.89. The first kappa shape index (κ1) is 9.68. The maximum Gasteiger partial charge on any atom is 0.192 e. The maximum atomic E-state index is 5.98. The molecular formula is C9H10ClN3S. The molecule has 2 aromatic heterocycles. The molecule has 2 heterocycles. The molecule has 2 aromatic rings. The zero-order chi connectivity index (χ0) is 9.97. The molecule has 0 aromatic carbocycles. The zero-order valence-electron chi connectivity index (χ0n) is 7.75. The summed E-state index contributed by atoms with van der Waals surface area (Å²) in [5, 5.41) is 9.69. The molecule has 0 saturated heterocycles. The molecule has 0 saturated carbocycles. The monoisotopic (exact) mass is 227 g/mol. The summed E-state index contributed by atoms with van der Waals surface area (Å²) < 4.78 is 0. The van der Waals surface area contributed by atoms with Crippen molar-refractivity contribution in [2.24, 2.45) is 0 Å². The van der Waals surface area contributed by atoms with Gasteiger partial charge < -0.3 is 0 Å². The van der Waals surface area contributed by atoms with Crippen molar-refractivity contribution < 1.29 is 0 Å². The number of aryl methyl sites for hydroxylation is 1. The van der Waals surface area contributed by atoms with Crippen LogP contribution in [0.3, 0.4) is 0 Å². The van der Waals surface area contributed by atoms with Gasteiger partial charge in [-0.15, -0.1) is 11.3 Å². The molecule has 0 unspecified atom stereocenters. The number of hydrogen-bond acceptors (Lipinski definition) is 3. The van der Waals surface area contributed by atoms with Gasteiger partial charge in [-0.25, -0.2) is 4.98 Å². The molecule has 1 N–H and O–H groups in total. The smallest absolute Gasteiger partial charge is 0.192 e. The van der Waals surface area contributed by atoms with Crippen LogP contribution in [-0.2, 0) is 6.42 Å². The lowest BCUT2D eigenvalue weighted by Crippen LogP contribution is -1.84. The highest BCUT2D eigenvalue weighted by molar-refractivity contribution is 7.14. The van der Waals surface area contributed by atoms with Gasteiger partial charge in [0.05, 0.1) is 9.90 Å². The Kier molecular flexibility index (Phi) is 2.84. The van der Waals surface area contributed by atoms with Gasteiger partial charge in [0.1, 0.15) is 5.82 Å². The molecule has 0 spiro atoms. The standard InChI is InChI=1S/C9H10ClN3S/c1-2-3-7-11-9(13-12-7)8-6(10)4-5-14-8/h4-5H,2-3H2,1H3,(H,11,12,13). The van der Waals surface area contributed by atoms with E-state index in [0.717, 1.165) is 28.6 Å². The molecule has 2 rings (SSSR count). The molecule has 0 fully saturated rings. The minimum Gasteiger partial charge on any atom is -0.263 e. The Morgan fingerprint density at radius 2 is 2.43 bits per heavy atom. The van der Waals surface area contributed by atoms with E-state index in [1.54, 1.807) is 11.3 Å². The first-order valence-corrected chi connectivity index (χ1v) is 5.71. The Hall–Kier alpha value is -0.870. The molecule has 74 valence electrons. The van der Waals surface area contributed by atoms with Crippen LogP contribution in [0.25, 0.3) is 10.7 Å². The minimum atomic E-state index is 0.702. The van der Waals surface area contributed by atoms with Crippen LogP contribution < -0.4 is 0 Å². The molecule has 0 atom stereocenters. The number of aromatic nitrogens is 3. The predicted octanol–water partition coefficient (Wildman–Crippen LogP) is 3.14. The highest BCUT2D eigenvalue weighted by Gasteiger charge is 2.10. The van der Waals surface area contributed by atoms with E-state index in [9.17, 15) is 0 Å². The van der Waals surface area contributed by atoms with Crippen LogP contribution in [0.2, 0.25) is 5.02 Å². The van der Waals surface area contributed by atoms with Crippen molar-refractivity contribution in [2.45, 2.75) is 19.8 Å². The van der Waals surface area contributed by atoms with E-state index >= 15 is 0 Å². The van der Waals surface area contributed by atoms with Crippen molar-refractivity contribution in [1.82, 2.24) is 15.2 Å². The van der Waals surface area contributed by atoms with Gasteiger partial charge in [-0.3, -0.25) is 5.10 Å². The fourth-order valence-electron chi connectivity index (χ4n) is 1.20. The Bertz CT molecular complexity index is 421. The van der Waals surface area contributed by atoms with Crippen LogP contribution in [-0.4, -0.2) is 15.2 Å². The Morgan fingerprint density at radius 1 is 1.57 bits per heavy atom. The van der Waals surface area contributed by atoms with E-state index in [2.05, 4.69) is 22.1 Å².